The van der Waals surface area contributed by atoms with Crippen LogP contribution in [0.1, 0.15) is 19.8 Å². The van der Waals surface area contributed by atoms with Gasteiger partial charge in [0.2, 0.25) is 0 Å². The fourth-order valence-electron chi connectivity index (χ4n) is 1.55. The summed E-state index contributed by atoms with van der Waals surface area (Å²) < 4.78 is 0. The first-order chi connectivity index (χ1) is 7.51. The zero-order chi connectivity index (χ0) is 12.6. The molecule has 0 aliphatic heterocycles. The van der Waals surface area contributed by atoms with E-state index in [0.717, 1.165) is 19.5 Å². The molecule has 5 heteroatoms. The summed E-state index contributed by atoms with van der Waals surface area (Å²) in [6.45, 7) is 4.26. The molecular weight excluding hydrogens is 208 g/mol. The Morgan fingerprint density at radius 3 is 2.25 bits per heavy atom. The summed E-state index contributed by atoms with van der Waals surface area (Å²) in [5.74, 6) is -0.789. The summed E-state index contributed by atoms with van der Waals surface area (Å²) in [5.41, 5.74) is 0. The summed E-state index contributed by atoms with van der Waals surface area (Å²) in [6.07, 6.45) is 0.966. The maximum atomic E-state index is 10.5. The van der Waals surface area contributed by atoms with Gasteiger partial charge in [0.05, 0.1) is 13.0 Å². The van der Waals surface area contributed by atoms with Crippen LogP contribution < -0.4 is 0 Å². The van der Waals surface area contributed by atoms with Crippen molar-refractivity contribution in [2.75, 3.05) is 40.3 Å². The second-order valence-electron chi connectivity index (χ2n) is 4.23. The average Bonchev–Trinajstić information content (AvgIpc) is 2.22. The lowest BCUT2D eigenvalue weighted by Crippen LogP contribution is -2.42. The molecule has 1 unspecified atom stereocenters. The molecule has 5 nitrogen and oxygen atoms in total. The number of carboxylic acid groups (broad SMARTS) is 1. The zero-order valence-corrected chi connectivity index (χ0v) is 10.5. The molecule has 0 aliphatic rings. The standard InChI is InChI=1S/C11H24N2O3/c1-4-10(9-14)13(6-5-11(15)16)8-7-12(2)3/h10,14H,4-9H2,1-3H3,(H,15,16). The molecule has 0 saturated carbocycles. The Kier molecular flexibility index (Phi) is 8.15. The van der Waals surface area contributed by atoms with E-state index in [9.17, 15) is 9.90 Å². The molecule has 0 rings (SSSR count). The second-order valence-corrected chi connectivity index (χ2v) is 4.23. The Morgan fingerprint density at radius 2 is 1.88 bits per heavy atom. The number of rotatable bonds is 9. The number of likely N-dealkylation sites (N-methyl/N-ethyl adjacent to an activating group) is 1. The van der Waals surface area contributed by atoms with Gasteiger partial charge in [-0.2, -0.15) is 0 Å². The van der Waals surface area contributed by atoms with Gasteiger partial charge in [-0.1, -0.05) is 6.92 Å². The van der Waals surface area contributed by atoms with E-state index in [4.69, 9.17) is 5.11 Å². The van der Waals surface area contributed by atoms with E-state index in [0.29, 0.717) is 6.54 Å². The lowest BCUT2D eigenvalue weighted by molar-refractivity contribution is -0.137. The minimum absolute atomic E-state index is 0.0688. The van der Waals surface area contributed by atoms with Gasteiger partial charge >= 0.3 is 5.97 Å². The lowest BCUT2D eigenvalue weighted by atomic mass is 10.2. The summed E-state index contributed by atoms with van der Waals surface area (Å²) in [7, 11) is 3.96. The highest BCUT2D eigenvalue weighted by Crippen LogP contribution is 2.04. The molecule has 2 N–H and O–H groups in total. The van der Waals surface area contributed by atoms with Gasteiger partial charge in [0.1, 0.15) is 0 Å². The molecule has 0 saturated heterocycles. The van der Waals surface area contributed by atoms with Crippen LogP contribution >= 0.6 is 0 Å². The number of carbonyl (C=O) groups is 1. The van der Waals surface area contributed by atoms with Gasteiger partial charge in [-0.05, 0) is 20.5 Å². The summed E-state index contributed by atoms with van der Waals surface area (Å²) in [5, 5.41) is 17.9. The van der Waals surface area contributed by atoms with E-state index in [1.54, 1.807) is 0 Å². The summed E-state index contributed by atoms with van der Waals surface area (Å²) in [4.78, 5) is 14.6. The molecule has 0 heterocycles. The number of hydrogen-bond acceptors (Lipinski definition) is 4. The van der Waals surface area contributed by atoms with Crippen LogP contribution in [0, 0.1) is 0 Å². The van der Waals surface area contributed by atoms with Crippen LogP contribution in [0.2, 0.25) is 0 Å². The van der Waals surface area contributed by atoms with E-state index >= 15 is 0 Å². The fourth-order valence-corrected chi connectivity index (χ4v) is 1.55. The van der Waals surface area contributed by atoms with Gasteiger partial charge in [-0.15, -0.1) is 0 Å². The molecule has 0 bridgehead atoms. The average molecular weight is 232 g/mol. The molecule has 0 aromatic rings. The normalized spacial score (nSPS) is 13.4. The topological polar surface area (TPSA) is 64.0 Å². The SMILES string of the molecule is CCC(CO)N(CCC(=O)O)CCN(C)C. The van der Waals surface area contributed by atoms with Gasteiger partial charge in [0.15, 0.2) is 0 Å². The van der Waals surface area contributed by atoms with Crippen LogP contribution in [-0.2, 0) is 4.79 Å². The minimum Gasteiger partial charge on any atom is -0.481 e. The first-order valence-corrected chi connectivity index (χ1v) is 5.72. The second kappa shape index (κ2) is 8.50. The van der Waals surface area contributed by atoms with Crippen molar-refractivity contribution in [3.05, 3.63) is 0 Å². The van der Waals surface area contributed by atoms with E-state index in [1.807, 2.05) is 25.9 Å². The predicted octanol–water partition coefficient (Wildman–Crippen LogP) is 0.0956. The van der Waals surface area contributed by atoms with Crippen molar-refractivity contribution >= 4 is 5.97 Å². The van der Waals surface area contributed by atoms with Crippen molar-refractivity contribution in [2.45, 2.75) is 25.8 Å². The highest BCUT2D eigenvalue weighted by molar-refractivity contribution is 5.66. The summed E-state index contributed by atoms with van der Waals surface area (Å²) >= 11 is 0. The van der Waals surface area contributed by atoms with E-state index in [1.165, 1.54) is 0 Å². The zero-order valence-electron chi connectivity index (χ0n) is 10.5. The van der Waals surface area contributed by atoms with Crippen molar-refractivity contribution in [3.63, 3.8) is 0 Å². The molecular formula is C11H24N2O3. The molecule has 0 radical (unpaired) electrons. The van der Waals surface area contributed by atoms with Gasteiger partial charge < -0.3 is 15.1 Å². The van der Waals surface area contributed by atoms with Crippen LogP contribution in [0.4, 0.5) is 0 Å². The van der Waals surface area contributed by atoms with Crippen LogP contribution in [0.3, 0.4) is 0 Å². The Labute approximate surface area is 97.7 Å². The fraction of sp³-hybridized carbons (Fsp3) is 0.909. The maximum Gasteiger partial charge on any atom is 0.304 e. The molecule has 0 fully saturated rings. The molecule has 16 heavy (non-hydrogen) atoms. The van der Waals surface area contributed by atoms with Gasteiger partial charge in [0.25, 0.3) is 0 Å². The molecule has 0 aromatic carbocycles. The maximum absolute atomic E-state index is 10.5. The first kappa shape index (κ1) is 15.3. The van der Waals surface area contributed by atoms with Crippen molar-refractivity contribution in [3.8, 4) is 0 Å². The van der Waals surface area contributed by atoms with Crippen LogP contribution in [-0.4, -0.2) is 72.4 Å². The number of aliphatic carboxylic acids is 1. The third kappa shape index (κ3) is 6.76. The summed E-state index contributed by atoms with van der Waals surface area (Å²) in [6, 6.07) is 0.0688. The molecule has 0 spiro atoms. The first-order valence-electron chi connectivity index (χ1n) is 5.72. The van der Waals surface area contributed by atoms with Crippen molar-refractivity contribution < 1.29 is 15.0 Å². The molecule has 0 amide bonds. The Balaban J connectivity index is 4.18. The number of carboxylic acids is 1. The van der Waals surface area contributed by atoms with Crippen molar-refractivity contribution in [2.24, 2.45) is 0 Å². The molecule has 96 valence electrons. The van der Waals surface area contributed by atoms with Crippen LogP contribution in [0.5, 0.6) is 0 Å². The van der Waals surface area contributed by atoms with Crippen molar-refractivity contribution in [1.82, 2.24) is 9.80 Å². The Bertz CT molecular complexity index is 194. The highest BCUT2D eigenvalue weighted by Gasteiger charge is 2.16. The number of aliphatic hydroxyl groups is 1. The third-order valence-corrected chi connectivity index (χ3v) is 2.65. The monoisotopic (exact) mass is 232 g/mol. The van der Waals surface area contributed by atoms with Crippen molar-refractivity contribution in [1.29, 1.82) is 0 Å². The van der Waals surface area contributed by atoms with Crippen LogP contribution in [0.15, 0.2) is 0 Å². The predicted molar refractivity (Wildman–Crippen MR) is 63.5 cm³/mol. The molecule has 0 aliphatic carbocycles. The van der Waals surface area contributed by atoms with Crippen LogP contribution in [0.25, 0.3) is 0 Å². The number of aliphatic hydroxyl groups excluding tert-OH is 1. The third-order valence-electron chi connectivity index (χ3n) is 2.65. The van der Waals surface area contributed by atoms with E-state index in [2.05, 4.69) is 4.90 Å². The van der Waals surface area contributed by atoms with E-state index in [-0.39, 0.29) is 19.1 Å². The Hall–Kier alpha value is -0.650. The van der Waals surface area contributed by atoms with Gasteiger partial charge in [-0.3, -0.25) is 9.69 Å². The van der Waals surface area contributed by atoms with Gasteiger partial charge in [0, 0.05) is 25.7 Å². The number of hydrogen-bond donors (Lipinski definition) is 2. The van der Waals surface area contributed by atoms with E-state index < -0.39 is 5.97 Å². The largest absolute Gasteiger partial charge is 0.481 e. The lowest BCUT2D eigenvalue weighted by Gasteiger charge is -2.30. The Morgan fingerprint density at radius 1 is 1.25 bits per heavy atom. The van der Waals surface area contributed by atoms with Gasteiger partial charge in [-0.25, -0.2) is 0 Å². The quantitative estimate of drug-likeness (QED) is 0.590. The highest BCUT2D eigenvalue weighted by atomic mass is 16.4. The smallest absolute Gasteiger partial charge is 0.304 e. The minimum atomic E-state index is -0.789. The molecule has 0 aromatic heterocycles. The molecule has 1 atom stereocenters. The number of nitrogens with zero attached hydrogens (tertiary/aromatic N) is 2.